The molecule has 1 N–H and O–H groups in total. The number of hydrogen-bond donors (Lipinski definition) is 1. The number of hydrogen-bond acceptors (Lipinski definition) is 6. The highest BCUT2D eigenvalue weighted by Gasteiger charge is 2.31. The first-order valence-electron chi connectivity index (χ1n) is 23.9. The van der Waals surface area contributed by atoms with Crippen LogP contribution in [0.15, 0.2) is 24.3 Å². The van der Waals surface area contributed by atoms with Gasteiger partial charge in [0.25, 0.3) is 0 Å². The first kappa shape index (κ1) is 54.8. The van der Waals surface area contributed by atoms with Gasteiger partial charge in [0.2, 0.25) is 0 Å². The molecular weight excluding hydrogens is 715 g/mol. The maximum Gasteiger partial charge on any atom is 0.362 e. The summed E-state index contributed by atoms with van der Waals surface area (Å²) in [4.78, 5) is 36.9. The monoisotopic (exact) mass is 807 g/mol. The molecule has 0 aliphatic carbocycles. The fourth-order valence-corrected chi connectivity index (χ4v) is 7.12. The van der Waals surface area contributed by atoms with Crippen LogP contribution < -0.4 is 0 Å². The first-order valence-corrected chi connectivity index (χ1v) is 23.9. The summed E-state index contributed by atoms with van der Waals surface area (Å²) in [6.07, 6.45) is 45.1. The molecule has 334 valence electrons. The molecular formula is C49H92NO7+. The number of aliphatic carboxylic acids is 1. The van der Waals surface area contributed by atoms with Gasteiger partial charge in [0.15, 0.2) is 12.1 Å². The number of carboxylic acid groups (broad SMARTS) is 1. The third-order valence-corrected chi connectivity index (χ3v) is 10.9. The van der Waals surface area contributed by atoms with Gasteiger partial charge in [-0.3, -0.25) is 9.59 Å². The summed E-state index contributed by atoms with van der Waals surface area (Å²) in [5.74, 6) is -1.47. The zero-order valence-electron chi connectivity index (χ0n) is 38.1. The van der Waals surface area contributed by atoms with Gasteiger partial charge in [-0.15, -0.1) is 0 Å². The van der Waals surface area contributed by atoms with Crippen LogP contribution in [0.4, 0.5) is 0 Å². The molecule has 0 radical (unpaired) electrons. The fourth-order valence-electron chi connectivity index (χ4n) is 7.12. The first-order chi connectivity index (χ1) is 27.6. The zero-order chi connectivity index (χ0) is 42.1. The largest absolute Gasteiger partial charge is 0.477 e. The third-order valence-electron chi connectivity index (χ3n) is 10.9. The summed E-state index contributed by atoms with van der Waals surface area (Å²) in [6, 6.07) is -0.613. The number of carboxylic acids is 1. The SMILES string of the molecule is CCCCCCCCCCC/C=C/C/C=C/CCCCCCCCCC(=O)OC(COCCC(C(=O)O)[N+](C)(C)C)COC(=O)CCCCCCCCCCCC. The van der Waals surface area contributed by atoms with Gasteiger partial charge in [0.1, 0.15) is 6.61 Å². The normalized spacial score (nSPS) is 13.1. The maximum atomic E-state index is 12.7. The molecule has 0 spiro atoms. The van der Waals surface area contributed by atoms with Gasteiger partial charge in [-0.25, -0.2) is 4.79 Å². The molecule has 2 atom stereocenters. The lowest BCUT2D eigenvalue weighted by Gasteiger charge is -2.31. The Hall–Kier alpha value is -2.19. The molecule has 8 nitrogen and oxygen atoms in total. The molecule has 0 heterocycles. The summed E-state index contributed by atoms with van der Waals surface area (Å²) >= 11 is 0. The van der Waals surface area contributed by atoms with Crippen LogP contribution in [0, 0.1) is 0 Å². The van der Waals surface area contributed by atoms with Crippen molar-refractivity contribution >= 4 is 17.9 Å². The molecule has 57 heavy (non-hydrogen) atoms. The number of carbonyl (C=O) groups is 3. The molecule has 2 unspecified atom stereocenters. The van der Waals surface area contributed by atoms with Crippen LogP contribution in [0.1, 0.15) is 219 Å². The van der Waals surface area contributed by atoms with Crippen molar-refractivity contribution in [1.29, 1.82) is 0 Å². The van der Waals surface area contributed by atoms with E-state index in [2.05, 4.69) is 38.2 Å². The van der Waals surface area contributed by atoms with Gasteiger partial charge in [-0.1, -0.05) is 179 Å². The Labute approximate surface area is 351 Å². The van der Waals surface area contributed by atoms with Crippen molar-refractivity contribution in [3.63, 3.8) is 0 Å². The number of allylic oxidation sites excluding steroid dienone is 4. The Morgan fingerprint density at radius 2 is 0.930 bits per heavy atom. The average Bonchev–Trinajstić information content (AvgIpc) is 3.17. The van der Waals surface area contributed by atoms with Crippen LogP contribution in [0.25, 0.3) is 0 Å². The second-order valence-corrected chi connectivity index (χ2v) is 17.4. The molecule has 0 aromatic heterocycles. The number of likely N-dealkylation sites (N-methyl/N-ethyl adjacent to an activating group) is 1. The highest BCUT2D eigenvalue weighted by molar-refractivity contribution is 5.72. The molecule has 0 saturated heterocycles. The van der Waals surface area contributed by atoms with E-state index in [0.717, 1.165) is 51.4 Å². The molecule has 0 saturated carbocycles. The molecule has 0 amide bonds. The minimum atomic E-state index is -0.875. The minimum absolute atomic E-state index is 0.0503. The lowest BCUT2D eigenvalue weighted by molar-refractivity contribution is -0.887. The molecule has 0 aromatic carbocycles. The quantitative estimate of drug-likeness (QED) is 0.0283. The van der Waals surface area contributed by atoms with E-state index < -0.39 is 18.1 Å². The molecule has 0 bridgehead atoms. The second-order valence-electron chi connectivity index (χ2n) is 17.4. The summed E-state index contributed by atoms with van der Waals surface area (Å²) < 4.78 is 17.3. The number of unbranched alkanes of at least 4 members (excludes halogenated alkanes) is 25. The molecule has 0 fully saturated rings. The predicted octanol–water partition coefficient (Wildman–Crippen LogP) is 13.3. The third kappa shape index (κ3) is 39.1. The van der Waals surface area contributed by atoms with Crippen molar-refractivity contribution < 1.29 is 38.2 Å². The van der Waals surface area contributed by atoms with E-state index in [1.807, 2.05) is 21.1 Å². The summed E-state index contributed by atoms with van der Waals surface area (Å²) in [6.45, 7) is 4.73. The highest BCUT2D eigenvalue weighted by Crippen LogP contribution is 2.15. The van der Waals surface area contributed by atoms with E-state index in [9.17, 15) is 19.5 Å². The fraction of sp³-hybridized carbons (Fsp3) is 0.857. The van der Waals surface area contributed by atoms with Crippen LogP contribution >= 0.6 is 0 Å². The number of ether oxygens (including phenoxy) is 3. The standard InChI is InChI=1S/C49H91NO7/c1-6-8-10-12-14-16-18-19-20-21-22-23-24-25-26-27-28-29-30-32-34-36-38-40-48(52)57-45(43-55-42-41-46(49(53)54)50(3,4)5)44-56-47(51)39-37-35-33-31-17-15-13-11-9-7-2/h22-23,25-26,45-46H,6-21,24,27-44H2,1-5H3/p+1/b23-22+,26-25+. The van der Waals surface area contributed by atoms with Crippen molar-refractivity contribution in [3.05, 3.63) is 24.3 Å². The number of esters is 2. The molecule has 0 rings (SSSR count). The van der Waals surface area contributed by atoms with Crippen LogP contribution in [0.3, 0.4) is 0 Å². The summed E-state index contributed by atoms with van der Waals surface area (Å²) in [5, 5.41) is 9.62. The number of rotatable bonds is 43. The van der Waals surface area contributed by atoms with Crippen molar-refractivity contribution in [2.24, 2.45) is 0 Å². The highest BCUT2D eigenvalue weighted by atomic mass is 16.6. The smallest absolute Gasteiger partial charge is 0.362 e. The van der Waals surface area contributed by atoms with E-state index in [-0.39, 0.29) is 36.2 Å². The number of quaternary nitrogens is 1. The van der Waals surface area contributed by atoms with E-state index in [4.69, 9.17) is 14.2 Å². The second kappa shape index (κ2) is 40.6. The zero-order valence-corrected chi connectivity index (χ0v) is 38.1. The van der Waals surface area contributed by atoms with E-state index >= 15 is 0 Å². The molecule has 0 aromatic rings. The van der Waals surface area contributed by atoms with Gasteiger partial charge in [0.05, 0.1) is 34.4 Å². The topological polar surface area (TPSA) is 99.1 Å². The maximum absolute atomic E-state index is 12.7. The van der Waals surface area contributed by atoms with E-state index in [1.54, 1.807) is 0 Å². The van der Waals surface area contributed by atoms with Crippen LogP contribution in [0.5, 0.6) is 0 Å². The summed E-state index contributed by atoms with van der Waals surface area (Å²) in [7, 11) is 5.53. The van der Waals surface area contributed by atoms with Crippen LogP contribution in [0.2, 0.25) is 0 Å². The van der Waals surface area contributed by atoms with Crippen molar-refractivity contribution in [3.8, 4) is 0 Å². The Morgan fingerprint density at radius 3 is 1.35 bits per heavy atom. The predicted molar refractivity (Wildman–Crippen MR) is 238 cm³/mol. The molecule has 0 aliphatic rings. The van der Waals surface area contributed by atoms with Crippen LogP contribution in [-0.2, 0) is 28.6 Å². The minimum Gasteiger partial charge on any atom is -0.477 e. The van der Waals surface area contributed by atoms with Crippen LogP contribution in [-0.4, -0.2) is 80.6 Å². The van der Waals surface area contributed by atoms with Crippen molar-refractivity contribution in [2.45, 2.75) is 231 Å². The lowest BCUT2D eigenvalue weighted by Crippen LogP contribution is -2.50. The van der Waals surface area contributed by atoms with Crippen molar-refractivity contribution in [1.82, 2.24) is 0 Å². The van der Waals surface area contributed by atoms with Gasteiger partial charge >= 0.3 is 17.9 Å². The lowest BCUT2D eigenvalue weighted by atomic mass is 10.1. The van der Waals surface area contributed by atoms with Gasteiger partial charge in [-0.05, 0) is 44.9 Å². The van der Waals surface area contributed by atoms with Gasteiger partial charge in [0, 0.05) is 19.3 Å². The Bertz CT molecular complexity index is 989. The van der Waals surface area contributed by atoms with E-state index in [1.165, 1.54) is 135 Å². The van der Waals surface area contributed by atoms with Gasteiger partial charge in [-0.2, -0.15) is 0 Å². The average molecular weight is 807 g/mol. The summed E-state index contributed by atoms with van der Waals surface area (Å²) in [5.41, 5.74) is 0. The van der Waals surface area contributed by atoms with E-state index in [0.29, 0.717) is 19.3 Å². The van der Waals surface area contributed by atoms with Gasteiger partial charge < -0.3 is 23.8 Å². The number of nitrogens with zero attached hydrogens (tertiary/aromatic N) is 1. The molecule has 8 heteroatoms. The molecule has 0 aliphatic heterocycles. The Balaban J connectivity index is 4.21. The Morgan fingerprint density at radius 1 is 0.526 bits per heavy atom. The van der Waals surface area contributed by atoms with Crippen molar-refractivity contribution in [2.75, 3.05) is 41.0 Å². The Kier molecular flexibility index (Phi) is 39.0. The number of carbonyl (C=O) groups excluding carboxylic acids is 2.